The van der Waals surface area contributed by atoms with E-state index in [4.69, 9.17) is 17.3 Å². The Bertz CT molecular complexity index is 634. The largest absolute Gasteiger partial charge is 0.369 e. The second-order valence-corrected chi connectivity index (χ2v) is 5.12. The van der Waals surface area contributed by atoms with Gasteiger partial charge in [0.05, 0.1) is 5.02 Å². The number of rotatable bonds is 4. The van der Waals surface area contributed by atoms with Gasteiger partial charge in [-0.2, -0.15) is 0 Å². The molecule has 1 aliphatic carbocycles. The van der Waals surface area contributed by atoms with Crippen LogP contribution in [-0.2, 0) is 11.3 Å². The van der Waals surface area contributed by atoms with E-state index in [1.165, 1.54) is 0 Å². The molecule has 1 aliphatic rings. The second kappa shape index (κ2) is 4.70. The summed E-state index contributed by atoms with van der Waals surface area (Å²) < 4.78 is 1.78. The van der Waals surface area contributed by atoms with Gasteiger partial charge in [0, 0.05) is 25.2 Å². The van der Waals surface area contributed by atoms with Crippen molar-refractivity contribution in [3.8, 4) is 0 Å². The van der Waals surface area contributed by atoms with Crippen LogP contribution in [-0.4, -0.2) is 27.0 Å². The Morgan fingerprint density at radius 3 is 3.11 bits per heavy atom. The van der Waals surface area contributed by atoms with Crippen LogP contribution in [0.3, 0.4) is 0 Å². The molecule has 0 radical (unpaired) electrons. The van der Waals surface area contributed by atoms with Crippen molar-refractivity contribution in [2.45, 2.75) is 19.4 Å². The minimum Gasteiger partial charge on any atom is -0.369 e. The van der Waals surface area contributed by atoms with Crippen LogP contribution in [0.2, 0.25) is 5.02 Å². The molecule has 0 bridgehead atoms. The molecule has 1 fully saturated rings. The number of nitrogens with one attached hydrogen (secondary N) is 1. The average Bonchev–Trinajstić information content (AvgIpc) is 3.16. The van der Waals surface area contributed by atoms with Crippen LogP contribution in [0, 0.1) is 5.92 Å². The predicted octanol–water partition coefficient (Wildman–Crippen LogP) is 1.19. The monoisotopic (exact) mass is 279 g/mol. The molecule has 2 aromatic rings. The number of hydrogen-bond donors (Lipinski definition) is 2. The maximum atomic E-state index is 11.5. The zero-order chi connectivity index (χ0) is 13.4. The lowest BCUT2D eigenvalue weighted by Gasteiger charge is -2.07. The summed E-state index contributed by atoms with van der Waals surface area (Å²) in [6.45, 7) is 1.07. The van der Waals surface area contributed by atoms with Crippen molar-refractivity contribution in [3.63, 3.8) is 0 Å². The summed E-state index contributed by atoms with van der Waals surface area (Å²) in [4.78, 5) is 19.9. The summed E-state index contributed by atoms with van der Waals surface area (Å²) in [5.74, 6) is 0.721. The normalized spacial score (nSPS) is 14.8. The molecular formula is C12H14ClN5O. The fraction of sp³-hybridized carbons (Fsp3) is 0.417. The van der Waals surface area contributed by atoms with Crippen molar-refractivity contribution >= 4 is 34.6 Å². The van der Waals surface area contributed by atoms with E-state index < -0.39 is 0 Å². The summed E-state index contributed by atoms with van der Waals surface area (Å²) >= 11 is 5.86. The molecule has 19 heavy (non-hydrogen) atoms. The highest BCUT2D eigenvalue weighted by molar-refractivity contribution is 6.31. The summed E-state index contributed by atoms with van der Waals surface area (Å²) in [6.07, 6.45) is 3.56. The third kappa shape index (κ3) is 2.49. The molecule has 3 rings (SSSR count). The molecule has 0 saturated heterocycles. The number of nitrogens with two attached hydrogens (primary N) is 1. The van der Waals surface area contributed by atoms with Crippen molar-refractivity contribution in [3.05, 3.63) is 17.3 Å². The van der Waals surface area contributed by atoms with Gasteiger partial charge in [-0.3, -0.25) is 9.36 Å². The van der Waals surface area contributed by atoms with Crippen molar-refractivity contribution in [1.82, 2.24) is 19.9 Å². The molecule has 2 aromatic heterocycles. The van der Waals surface area contributed by atoms with Gasteiger partial charge in [0.15, 0.2) is 5.65 Å². The molecule has 0 spiro atoms. The molecule has 0 aromatic carbocycles. The average molecular weight is 280 g/mol. The van der Waals surface area contributed by atoms with Crippen molar-refractivity contribution in [1.29, 1.82) is 0 Å². The zero-order valence-corrected chi connectivity index (χ0v) is 11.0. The van der Waals surface area contributed by atoms with E-state index in [2.05, 4.69) is 15.3 Å². The lowest BCUT2D eigenvalue weighted by molar-refractivity contribution is -0.122. The van der Waals surface area contributed by atoms with Crippen molar-refractivity contribution < 1.29 is 4.79 Å². The van der Waals surface area contributed by atoms with Gasteiger partial charge < -0.3 is 11.1 Å². The van der Waals surface area contributed by atoms with Gasteiger partial charge in [-0.15, -0.1) is 0 Å². The highest BCUT2D eigenvalue weighted by Gasteiger charge is 2.29. The first-order valence-corrected chi connectivity index (χ1v) is 6.58. The molecule has 1 saturated carbocycles. The maximum Gasteiger partial charge on any atom is 0.223 e. The number of anilines is 1. The van der Waals surface area contributed by atoms with E-state index in [9.17, 15) is 4.79 Å². The first-order chi connectivity index (χ1) is 9.15. The molecule has 7 heteroatoms. The fourth-order valence-corrected chi connectivity index (χ4v) is 2.16. The number of hydrogen-bond acceptors (Lipinski definition) is 4. The topological polar surface area (TPSA) is 85.8 Å². The van der Waals surface area contributed by atoms with Crippen LogP contribution in [0.5, 0.6) is 0 Å². The van der Waals surface area contributed by atoms with Gasteiger partial charge in [0.2, 0.25) is 11.9 Å². The van der Waals surface area contributed by atoms with Crippen molar-refractivity contribution in [2.24, 2.45) is 5.92 Å². The highest BCUT2D eigenvalue weighted by atomic mass is 35.5. The molecule has 100 valence electrons. The number of nitrogens with zero attached hydrogens (tertiary/aromatic N) is 3. The lowest BCUT2D eigenvalue weighted by Crippen LogP contribution is -2.28. The molecule has 1 amide bonds. The van der Waals surface area contributed by atoms with Crippen LogP contribution < -0.4 is 11.1 Å². The number of carbonyl (C=O) groups is 1. The van der Waals surface area contributed by atoms with E-state index in [0.29, 0.717) is 35.2 Å². The highest BCUT2D eigenvalue weighted by Crippen LogP contribution is 2.28. The summed E-state index contributed by atoms with van der Waals surface area (Å²) in [7, 11) is 0. The third-order valence-corrected chi connectivity index (χ3v) is 3.37. The quantitative estimate of drug-likeness (QED) is 0.880. The van der Waals surface area contributed by atoms with Crippen LogP contribution in [0.15, 0.2) is 12.3 Å². The Morgan fingerprint density at radius 1 is 1.58 bits per heavy atom. The Hall–Kier alpha value is -1.82. The van der Waals surface area contributed by atoms with E-state index in [0.717, 1.165) is 12.8 Å². The van der Waals surface area contributed by atoms with E-state index in [-0.39, 0.29) is 11.8 Å². The summed E-state index contributed by atoms with van der Waals surface area (Å²) in [5.41, 5.74) is 7.20. The minimum atomic E-state index is 0.124. The van der Waals surface area contributed by atoms with Gasteiger partial charge in [-0.25, -0.2) is 9.97 Å². The molecule has 0 aliphatic heterocycles. The zero-order valence-electron chi connectivity index (χ0n) is 10.3. The summed E-state index contributed by atoms with van der Waals surface area (Å²) in [5, 5.41) is 3.42. The molecular weight excluding hydrogens is 266 g/mol. The second-order valence-electron chi connectivity index (χ2n) is 4.68. The number of amides is 1. The molecule has 2 heterocycles. The Morgan fingerprint density at radius 2 is 2.37 bits per heavy atom. The maximum absolute atomic E-state index is 11.5. The number of nitrogen functional groups attached to an aromatic ring is 1. The fourth-order valence-electron chi connectivity index (χ4n) is 2.01. The predicted molar refractivity (Wildman–Crippen MR) is 72.7 cm³/mol. The summed E-state index contributed by atoms with van der Waals surface area (Å²) in [6, 6.07) is 1.72. The Labute approximate surface area is 115 Å². The van der Waals surface area contributed by atoms with E-state index in [1.807, 2.05) is 0 Å². The van der Waals surface area contributed by atoms with E-state index >= 15 is 0 Å². The van der Waals surface area contributed by atoms with Crippen LogP contribution >= 0.6 is 11.6 Å². The first kappa shape index (κ1) is 12.2. The van der Waals surface area contributed by atoms with Gasteiger partial charge in [-0.05, 0) is 18.9 Å². The SMILES string of the molecule is Nc1nc2cc(Cl)cnc2n1CCNC(=O)C1CC1. The number of aromatic nitrogens is 3. The Kier molecular flexibility index (Phi) is 3.02. The van der Waals surface area contributed by atoms with E-state index in [1.54, 1.807) is 16.8 Å². The Balaban J connectivity index is 1.72. The van der Waals surface area contributed by atoms with Gasteiger partial charge >= 0.3 is 0 Å². The van der Waals surface area contributed by atoms with Crippen LogP contribution in [0.25, 0.3) is 11.2 Å². The van der Waals surface area contributed by atoms with Gasteiger partial charge in [-0.1, -0.05) is 11.6 Å². The number of imidazole rings is 1. The van der Waals surface area contributed by atoms with Gasteiger partial charge in [0.1, 0.15) is 5.52 Å². The number of halogens is 1. The van der Waals surface area contributed by atoms with Crippen molar-refractivity contribution in [2.75, 3.05) is 12.3 Å². The lowest BCUT2D eigenvalue weighted by atomic mass is 10.4. The number of pyridine rings is 1. The minimum absolute atomic E-state index is 0.124. The van der Waals surface area contributed by atoms with Crippen LogP contribution in [0.4, 0.5) is 5.95 Å². The first-order valence-electron chi connectivity index (χ1n) is 6.20. The van der Waals surface area contributed by atoms with Crippen LogP contribution in [0.1, 0.15) is 12.8 Å². The smallest absolute Gasteiger partial charge is 0.223 e. The molecule has 0 unspecified atom stereocenters. The standard InChI is InChI=1S/C12H14ClN5O/c13-8-5-9-10(16-6-8)18(12(14)17-9)4-3-15-11(19)7-1-2-7/h5-7H,1-4H2,(H2,14,17)(H,15,19). The molecule has 0 atom stereocenters. The number of carbonyl (C=O) groups excluding carboxylic acids is 1. The molecule has 3 N–H and O–H groups in total. The third-order valence-electron chi connectivity index (χ3n) is 3.16. The number of fused-ring (bicyclic) bond motifs is 1. The van der Waals surface area contributed by atoms with Gasteiger partial charge in [0.25, 0.3) is 0 Å². The molecule has 6 nitrogen and oxygen atoms in total.